The Hall–Kier alpha value is -1.99. The predicted octanol–water partition coefficient (Wildman–Crippen LogP) is 3.31. The molecule has 0 atom stereocenters. The Morgan fingerprint density at radius 3 is 2.34 bits per heavy atom. The van der Waals surface area contributed by atoms with Crippen LogP contribution < -0.4 is 0 Å². The largest absolute Gasteiger partial charge is 0.444 e. The van der Waals surface area contributed by atoms with Crippen molar-refractivity contribution in [2.24, 2.45) is 0 Å². The van der Waals surface area contributed by atoms with E-state index in [1.165, 1.54) is 4.90 Å². The Kier molecular flexibility index (Phi) is 6.58. The molecule has 3 rings (SSSR count). The van der Waals surface area contributed by atoms with Crippen LogP contribution in [-0.4, -0.2) is 78.4 Å². The zero-order chi connectivity index (χ0) is 21.1. The van der Waals surface area contributed by atoms with Crippen LogP contribution in [0.4, 0.5) is 9.18 Å². The summed E-state index contributed by atoms with van der Waals surface area (Å²) in [4.78, 5) is 27.7. The van der Waals surface area contributed by atoms with Crippen LogP contribution in [0.25, 0.3) is 0 Å². The summed E-state index contributed by atoms with van der Waals surface area (Å²) in [6.07, 6.45) is 1.05. The highest BCUT2D eigenvalue weighted by molar-refractivity contribution is 5.97. The lowest BCUT2D eigenvalue weighted by Crippen LogP contribution is -2.64. The van der Waals surface area contributed by atoms with Crippen LogP contribution in [-0.2, 0) is 9.47 Å². The molecular weight excluding hydrogens is 375 g/mol. The third-order valence-corrected chi connectivity index (χ3v) is 5.18. The zero-order valence-electron chi connectivity index (χ0n) is 17.5. The smallest absolute Gasteiger partial charge is 0.410 e. The topological polar surface area (TPSA) is 59.1 Å². The van der Waals surface area contributed by atoms with Crippen LogP contribution in [0.1, 0.15) is 44.0 Å². The summed E-state index contributed by atoms with van der Waals surface area (Å²) in [5, 5.41) is 0. The number of alkyl halides is 1. The minimum absolute atomic E-state index is 0.00629. The summed E-state index contributed by atoms with van der Waals surface area (Å²) in [5.74, 6) is 0.115. The molecule has 29 heavy (non-hydrogen) atoms. The fourth-order valence-electron chi connectivity index (χ4n) is 3.60. The van der Waals surface area contributed by atoms with E-state index in [2.05, 4.69) is 4.90 Å². The van der Waals surface area contributed by atoms with Crippen molar-refractivity contribution >= 4 is 11.9 Å². The maximum Gasteiger partial charge on any atom is 0.410 e. The molecule has 0 unspecified atom stereocenters. The van der Waals surface area contributed by atoms with Crippen molar-refractivity contribution in [1.29, 1.82) is 0 Å². The fraction of sp³-hybridized carbons (Fsp3) is 0.636. The zero-order valence-corrected chi connectivity index (χ0v) is 17.5. The van der Waals surface area contributed by atoms with Gasteiger partial charge < -0.3 is 14.4 Å². The van der Waals surface area contributed by atoms with Crippen molar-refractivity contribution in [2.75, 3.05) is 39.3 Å². The Morgan fingerprint density at radius 2 is 1.76 bits per heavy atom. The molecule has 1 aromatic rings. The lowest BCUT2D eigenvalue weighted by molar-refractivity contribution is -0.111. The SMILES string of the molecule is CC(C)(C)OC(=O)N1CC(F)(COC2CCN(CC(=O)c3ccccc3)CC2)C1. The van der Waals surface area contributed by atoms with Crippen LogP contribution in [0, 0.1) is 0 Å². The molecule has 2 aliphatic rings. The number of rotatable bonds is 6. The van der Waals surface area contributed by atoms with E-state index >= 15 is 0 Å². The lowest BCUT2D eigenvalue weighted by atomic mass is 9.97. The molecule has 7 heteroatoms. The molecule has 2 fully saturated rings. The number of hydrogen-bond acceptors (Lipinski definition) is 5. The second kappa shape index (κ2) is 8.79. The van der Waals surface area contributed by atoms with Gasteiger partial charge in [-0.15, -0.1) is 0 Å². The van der Waals surface area contributed by atoms with E-state index in [1.807, 2.05) is 30.3 Å². The molecule has 0 aromatic heterocycles. The first-order valence-electron chi connectivity index (χ1n) is 10.2. The first-order chi connectivity index (χ1) is 13.6. The van der Waals surface area contributed by atoms with Gasteiger partial charge in [-0.2, -0.15) is 0 Å². The number of piperidine rings is 1. The van der Waals surface area contributed by atoms with E-state index in [0.29, 0.717) is 6.54 Å². The van der Waals surface area contributed by atoms with Crippen molar-refractivity contribution in [3.63, 3.8) is 0 Å². The van der Waals surface area contributed by atoms with Gasteiger partial charge in [-0.25, -0.2) is 9.18 Å². The third kappa shape index (κ3) is 6.24. The van der Waals surface area contributed by atoms with Crippen molar-refractivity contribution < 1.29 is 23.5 Å². The molecule has 1 aromatic carbocycles. The first-order valence-corrected chi connectivity index (χ1v) is 10.2. The molecule has 0 saturated carbocycles. The van der Waals surface area contributed by atoms with Gasteiger partial charge in [-0.05, 0) is 33.6 Å². The van der Waals surface area contributed by atoms with Gasteiger partial charge in [-0.3, -0.25) is 9.69 Å². The number of Topliss-reactive ketones (excluding diaryl/α,β-unsaturated/α-hetero) is 1. The summed E-state index contributed by atoms with van der Waals surface area (Å²) in [6.45, 7) is 7.27. The van der Waals surface area contributed by atoms with E-state index in [4.69, 9.17) is 9.47 Å². The fourth-order valence-corrected chi connectivity index (χ4v) is 3.60. The summed E-state index contributed by atoms with van der Waals surface area (Å²) < 4.78 is 25.8. The van der Waals surface area contributed by atoms with E-state index in [1.54, 1.807) is 20.8 Å². The van der Waals surface area contributed by atoms with Gasteiger partial charge >= 0.3 is 6.09 Å². The monoisotopic (exact) mass is 406 g/mol. The third-order valence-electron chi connectivity index (χ3n) is 5.18. The van der Waals surface area contributed by atoms with E-state index in [9.17, 15) is 14.0 Å². The number of halogens is 1. The molecule has 0 radical (unpaired) electrons. The number of ether oxygens (including phenoxy) is 2. The molecule has 160 valence electrons. The number of benzene rings is 1. The molecular formula is C22H31FN2O4. The molecule has 2 aliphatic heterocycles. The standard InChI is InChI=1S/C22H31FN2O4/c1-21(2,3)29-20(27)25-14-22(23,15-25)16-28-18-9-11-24(12-10-18)13-19(26)17-7-5-4-6-8-17/h4-8,18H,9-16H2,1-3H3. The average Bonchev–Trinajstić information content (AvgIpc) is 2.64. The molecule has 1 amide bonds. The summed E-state index contributed by atoms with van der Waals surface area (Å²) in [7, 11) is 0. The molecule has 2 saturated heterocycles. The number of amides is 1. The summed E-state index contributed by atoms with van der Waals surface area (Å²) in [6, 6.07) is 9.29. The number of likely N-dealkylation sites (tertiary alicyclic amines) is 2. The number of hydrogen-bond donors (Lipinski definition) is 0. The van der Waals surface area contributed by atoms with Gasteiger partial charge in [0, 0.05) is 18.7 Å². The van der Waals surface area contributed by atoms with Gasteiger partial charge in [0.25, 0.3) is 0 Å². The van der Waals surface area contributed by atoms with E-state index in [-0.39, 0.29) is 31.6 Å². The number of nitrogens with zero attached hydrogens (tertiary/aromatic N) is 2. The minimum Gasteiger partial charge on any atom is -0.444 e. The predicted molar refractivity (Wildman–Crippen MR) is 108 cm³/mol. The normalized spacial score (nSPS) is 20.2. The maximum atomic E-state index is 14.7. The highest BCUT2D eigenvalue weighted by Crippen LogP contribution is 2.29. The van der Waals surface area contributed by atoms with Gasteiger partial charge in [0.1, 0.15) is 5.60 Å². The highest BCUT2D eigenvalue weighted by atomic mass is 19.1. The minimum atomic E-state index is -1.50. The molecule has 0 bridgehead atoms. The molecule has 0 N–H and O–H groups in total. The second-order valence-electron chi connectivity index (χ2n) is 9.06. The van der Waals surface area contributed by atoms with Crippen LogP contribution in [0.2, 0.25) is 0 Å². The number of ketones is 1. The number of carbonyl (C=O) groups excluding carboxylic acids is 2. The van der Waals surface area contributed by atoms with Gasteiger partial charge in [0.2, 0.25) is 0 Å². The Morgan fingerprint density at radius 1 is 1.14 bits per heavy atom. The Balaban J connectivity index is 1.34. The second-order valence-corrected chi connectivity index (χ2v) is 9.06. The number of carbonyl (C=O) groups is 2. The van der Waals surface area contributed by atoms with Gasteiger partial charge in [0.15, 0.2) is 11.5 Å². The maximum absolute atomic E-state index is 14.7. The van der Waals surface area contributed by atoms with Crippen molar-refractivity contribution in [3.05, 3.63) is 35.9 Å². The van der Waals surface area contributed by atoms with Crippen molar-refractivity contribution in [3.8, 4) is 0 Å². The first kappa shape index (κ1) is 21.7. The molecule has 2 heterocycles. The van der Waals surface area contributed by atoms with Crippen molar-refractivity contribution in [2.45, 2.75) is 51.0 Å². The molecule has 0 spiro atoms. The molecule has 0 aliphatic carbocycles. The summed E-state index contributed by atoms with van der Waals surface area (Å²) >= 11 is 0. The van der Waals surface area contributed by atoms with E-state index in [0.717, 1.165) is 31.5 Å². The average molecular weight is 406 g/mol. The Labute approximate surface area is 171 Å². The van der Waals surface area contributed by atoms with Crippen LogP contribution in [0.5, 0.6) is 0 Å². The summed E-state index contributed by atoms with van der Waals surface area (Å²) in [5.41, 5.74) is -1.36. The van der Waals surface area contributed by atoms with Crippen LogP contribution in [0.3, 0.4) is 0 Å². The quantitative estimate of drug-likeness (QED) is 0.679. The van der Waals surface area contributed by atoms with Gasteiger partial charge in [0.05, 0.1) is 32.3 Å². The lowest BCUT2D eigenvalue weighted by Gasteiger charge is -2.44. The highest BCUT2D eigenvalue weighted by Gasteiger charge is 2.48. The van der Waals surface area contributed by atoms with Crippen LogP contribution >= 0.6 is 0 Å². The van der Waals surface area contributed by atoms with Crippen LogP contribution in [0.15, 0.2) is 30.3 Å². The molecule has 6 nitrogen and oxygen atoms in total. The van der Waals surface area contributed by atoms with Gasteiger partial charge in [-0.1, -0.05) is 30.3 Å². The van der Waals surface area contributed by atoms with E-state index < -0.39 is 17.4 Å². The van der Waals surface area contributed by atoms with Crippen molar-refractivity contribution in [1.82, 2.24) is 9.80 Å². The Bertz CT molecular complexity index is 705.